The van der Waals surface area contributed by atoms with Crippen LogP contribution in [0.5, 0.6) is 5.75 Å². The van der Waals surface area contributed by atoms with Gasteiger partial charge in [0.15, 0.2) is 0 Å². The molecule has 2 N–H and O–H groups in total. The minimum absolute atomic E-state index is 0.207. The highest BCUT2D eigenvalue weighted by atomic mass is 19.1. The second kappa shape index (κ2) is 10.5. The fourth-order valence-electron chi connectivity index (χ4n) is 5.60. The number of aryl methyl sites for hydroxylation is 2. The van der Waals surface area contributed by atoms with Crippen molar-refractivity contribution in [2.45, 2.75) is 32.2 Å². The standard InChI is InChI=1S/C35H31FN2O4/c1-20-6-5-7-24(16-20)35(14-15-35)38-33(39)28-19-26(21(2)17-30(28)41-4)23-10-13-29-27(18-23)31(34(40)37-3)32(42-29)22-8-11-25(36)12-9-22/h5-13,16-19H,14-15H2,1-4H3,(H,37,40)(H,38,39). The lowest BCUT2D eigenvalue weighted by atomic mass is 9.94. The zero-order chi connectivity index (χ0) is 29.6. The molecule has 1 fully saturated rings. The summed E-state index contributed by atoms with van der Waals surface area (Å²) in [7, 11) is 3.12. The van der Waals surface area contributed by atoms with E-state index in [0.29, 0.717) is 39.2 Å². The summed E-state index contributed by atoms with van der Waals surface area (Å²) in [4.78, 5) is 26.8. The van der Waals surface area contributed by atoms with Crippen LogP contribution in [0.1, 0.15) is 50.2 Å². The second-order valence-electron chi connectivity index (χ2n) is 10.9. The summed E-state index contributed by atoms with van der Waals surface area (Å²) < 4.78 is 25.4. The highest BCUT2D eigenvalue weighted by molar-refractivity contribution is 6.12. The van der Waals surface area contributed by atoms with E-state index in [0.717, 1.165) is 40.7 Å². The van der Waals surface area contributed by atoms with Gasteiger partial charge in [0.1, 0.15) is 22.9 Å². The summed E-state index contributed by atoms with van der Waals surface area (Å²) in [6.07, 6.45) is 1.75. The maximum Gasteiger partial charge on any atom is 0.255 e. The van der Waals surface area contributed by atoms with Gasteiger partial charge in [0.05, 0.1) is 23.8 Å². The normalized spacial score (nSPS) is 13.5. The van der Waals surface area contributed by atoms with E-state index >= 15 is 0 Å². The van der Waals surface area contributed by atoms with Crippen LogP contribution in [0, 0.1) is 19.7 Å². The Balaban J connectivity index is 1.42. The Bertz CT molecular complexity index is 1850. The molecule has 212 valence electrons. The molecule has 0 spiro atoms. The van der Waals surface area contributed by atoms with Crippen molar-refractivity contribution in [2.75, 3.05) is 14.2 Å². The van der Waals surface area contributed by atoms with Gasteiger partial charge in [-0.3, -0.25) is 9.59 Å². The van der Waals surface area contributed by atoms with Crippen molar-refractivity contribution in [1.82, 2.24) is 10.6 Å². The van der Waals surface area contributed by atoms with Crippen molar-refractivity contribution in [3.05, 3.63) is 112 Å². The Hall–Kier alpha value is -4.91. The molecular formula is C35H31FN2O4. The Morgan fingerprint density at radius 1 is 0.905 bits per heavy atom. The number of hydrogen-bond acceptors (Lipinski definition) is 4. The monoisotopic (exact) mass is 562 g/mol. The maximum atomic E-state index is 13.7. The van der Waals surface area contributed by atoms with Crippen LogP contribution < -0.4 is 15.4 Å². The molecule has 2 amide bonds. The van der Waals surface area contributed by atoms with Crippen LogP contribution in [0.3, 0.4) is 0 Å². The van der Waals surface area contributed by atoms with E-state index in [4.69, 9.17) is 9.15 Å². The van der Waals surface area contributed by atoms with Gasteiger partial charge in [-0.1, -0.05) is 35.9 Å². The molecule has 0 radical (unpaired) electrons. The van der Waals surface area contributed by atoms with Gasteiger partial charge in [0.25, 0.3) is 11.8 Å². The molecular weight excluding hydrogens is 531 g/mol. The van der Waals surface area contributed by atoms with E-state index in [2.05, 4.69) is 22.8 Å². The predicted octanol–water partition coefficient (Wildman–Crippen LogP) is 7.31. The molecule has 1 saturated carbocycles. The summed E-state index contributed by atoms with van der Waals surface area (Å²) in [6.45, 7) is 4.00. The summed E-state index contributed by atoms with van der Waals surface area (Å²) in [5, 5.41) is 6.58. The lowest BCUT2D eigenvalue weighted by Crippen LogP contribution is -2.35. The van der Waals surface area contributed by atoms with Crippen LogP contribution in [-0.4, -0.2) is 26.0 Å². The van der Waals surface area contributed by atoms with Crippen LogP contribution in [0.15, 0.2) is 83.3 Å². The first-order chi connectivity index (χ1) is 20.2. The number of carbonyl (C=O) groups excluding carboxylic acids is 2. The van der Waals surface area contributed by atoms with E-state index in [1.807, 2.05) is 56.3 Å². The maximum absolute atomic E-state index is 13.7. The van der Waals surface area contributed by atoms with Gasteiger partial charge in [-0.15, -0.1) is 0 Å². The molecule has 0 saturated heterocycles. The molecule has 42 heavy (non-hydrogen) atoms. The number of rotatable bonds is 7. The van der Waals surface area contributed by atoms with E-state index in [1.165, 1.54) is 12.1 Å². The summed E-state index contributed by atoms with van der Waals surface area (Å²) in [6, 6.07) is 23.4. The van der Waals surface area contributed by atoms with Crippen molar-refractivity contribution < 1.29 is 23.1 Å². The molecule has 0 atom stereocenters. The van der Waals surface area contributed by atoms with E-state index < -0.39 is 0 Å². The Labute approximate surface area is 243 Å². The number of methoxy groups -OCH3 is 1. The number of halogens is 1. The lowest BCUT2D eigenvalue weighted by Gasteiger charge is -2.20. The molecule has 1 aliphatic rings. The Morgan fingerprint density at radius 3 is 2.31 bits per heavy atom. The van der Waals surface area contributed by atoms with Crippen LogP contribution in [-0.2, 0) is 5.54 Å². The lowest BCUT2D eigenvalue weighted by molar-refractivity contribution is 0.0926. The number of amides is 2. The average Bonchev–Trinajstić information content (AvgIpc) is 3.68. The van der Waals surface area contributed by atoms with Gasteiger partial charge < -0.3 is 19.8 Å². The number of fused-ring (bicyclic) bond motifs is 1. The fraction of sp³-hybridized carbons (Fsp3) is 0.200. The first-order valence-corrected chi connectivity index (χ1v) is 13.9. The first-order valence-electron chi connectivity index (χ1n) is 13.9. The zero-order valence-corrected chi connectivity index (χ0v) is 23.9. The molecule has 0 bridgehead atoms. The number of furan rings is 1. The van der Waals surface area contributed by atoms with Crippen LogP contribution in [0.2, 0.25) is 0 Å². The van der Waals surface area contributed by atoms with E-state index in [-0.39, 0.29) is 23.2 Å². The van der Waals surface area contributed by atoms with Crippen molar-refractivity contribution >= 4 is 22.8 Å². The largest absolute Gasteiger partial charge is 0.496 e. The van der Waals surface area contributed by atoms with Crippen molar-refractivity contribution in [3.8, 4) is 28.2 Å². The summed E-state index contributed by atoms with van der Waals surface area (Å²) in [5.74, 6) is -0.0505. The summed E-state index contributed by atoms with van der Waals surface area (Å²) in [5.41, 5.74) is 6.33. The summed E-state index contributed by atoms with van der Waals surface area (Å²) >= 11 is 0. The van der Waals surface area contributed by atoms with Gasteiger partial charge in [0, 0.05) is 18.0 Å². The molecule has 4 aromatic carbocycles. The molecule has 0 aliphatic heterocycles. The second-order valence-corrected chi connectivity index (χ2v) is 10.9. The number of hydrogen-bond donors (Lipinski definition) is 2. The highest BCUT2D eigenvalue weighted by Crippen LogP contribution is 2.46. The molecule has 7 heteroatoms. The molecule has 5 aromatic rings. The smallest absolute Gasteiger partial charge is 0.255 e. The third kappa shape index (κ3) is 4.81. The molecule has 6 rings (SSSR count). The molecule has 1 aliphatic carbocycles. The molecule has 0 unspecified atom stereocenters. The topological polar surface area (TPSA) is 80.6 Å². The number of benzene rings is 4. The Kier molecular flexibility index (Phi) is 6.81. The predicted molar refractivity (Wildman–Crippen MR) is 161 cm³/mol. The van der Waals surface area contributed by atoms with Crippen molar-refractivity contribution in [3.63, 3.8) is 0 Å². The number of nitrogens with one attached hydrogen (secondary N) is 2. The minimum atomic E-state index is -0.381. The van der Waals surface area contributed by atoms with Crippen LogP contribution in [0.25, 0.3) is 33.4 Å². The third-order valence-corrected chi connectivity index (χ3v) is 8.02. The zero-order valence-electron chi connectivity index (χ0n) is 23.9. The first kappa shape index (κ1) is 27.3. The minimum Gasteiger partial charge on any atom is -0.496 e. The molecule has 1 aromatic heterocycles. The highest BCUT2D eigenvalue weighted by Gasteiger charge is 2.46. The van der Waals surface area contributed by atoms with Gasteiger partial charge in [0.2, 0.25) is 0 Å². The Morgan fingerprint density at radius 2 is 1.64 bits per heavy atom. The molecule has 1 heterocycles. The quantitative estimate of drug-likeness (QED) is 0.218. The molecule has 6 nitrogen and oxygen atoms in total. The van der Waals surface area contributed by atoms with E-state index in [1.54, 1.807) is 26.3 Å². The number of carbonyl (C=O) groups is 2. The van der Waals surface area contributed by atoms with Crippen LogP contribution >= 0.6 is 0 Å². The van der Waals surface area contributed by atoms with Gasteiger partial charge in [-0.25, -0.2) is 4.39 Å². The van der Waals surface area contributed by atoms with E-state index in [9.17, 15) is 14.0 Å². The number of ether oxygens (including phenoxy) is 1. The van der Waals surface area contributed by atoms with Crippen LogP contribution in [0.4, 0.5) is 4.39 Å². The van der Waals surface area contributed by atoms with Crippen molar-refractivity contribution in [2.24, 2.45) is 0 Å². The van der Waals surface area contributed by atoms with Gasteiger partial charge in [-0.05, 0) is 97.5 Å². The van der Waals surface area contributed by atoms with Gasteiger partial charge in [-0.2, -0.15) is 0 Å². The van der Waals surface area contributed by atoms with Crippen molar-refractivity contribution in [1.29, 1.82) is 0 Å². The third-order valence-electron chi connectivity index (χ3n) is 8.02. The SMILES string of the molecule is CNC(=O)c1c(-c2ccc(F)cc2)oc2ccc(-c3cc(C(=O)NC4(c5cccc(C)c5)CC4)c(OC)cc3C)cc12. The average molecular weight is 563 g/mol. The van der Waals surface area contributed by atoms with Gasteiger partial charge >= 0.3 is 0 Å². The fourth-order valence-corrected chi connectivity index (χ4v) is 5.60.